The lowest BCUT2D eigenvalue weighted by molar-refractivity contribution is -0.135. The first-order chi connectivity index (χ1) is 16.5. The topological polar surface area (TPSA) is 80.1 Å². The van der Waals surface area contributed by atoms with Gasteiger partial charge < -0.3 is 14.1 Å². The van der Waals surface area contributed by atoms with E-state index in [2.05, 4.69) is 4.90 Å². The van der Waals surface area contributed by atoms with Crippen LogP contribution in [-0.4, -0.2) is 66.7 Å². The van der Waals surface area contributed by atoms with Crippen molar-refractivity contribution in [1.82, 2.24) is 9.80 Å². The highest BCUT2D eigenvalue weighted by molar-refractivity contribution is 6.54. The van der Waals surface area contributed by atoms with Crippen LogP contribution in [0.2, 0.25) is 0 Å². The molecule has 0 spiro atoms. The number of ketones is 2. The summed E-state index contributed by atoms with van der Waals surface area (Å²) in [5.41, 5.74) is 3.48. The molecular formula is C27H26N2O5. The molecule has 1 aromatic heterocycles. The van der Waals surface area contributed by atoms with Gasteiger partial charge in [0.05, 0.1) is 25.3 Å². The number of carbonyl (C=O) groups excluding carboxylic acids is 3. The Morgan fingerprint density at radius 3 is 2.59 bits per heavy atom. The van der Waals surface area contributed by atoms with Gasteiger partial charge in [0.25, 0.3) is 0 Å². The molecule has 2 aliphatic heterocycles. The number of hydrogen-bond acceptors (Lipinski definition) is 6. The van der Waals surface area contributed by atoms with Crippen LogP contribution in [0.5, 0.6) is 0 Å². The number of furan rings is 1. The van der Waals surface area contributed by atoms with Crippen molar-refractivity contribution in [1.29, 1.82) is 0 Å². The average molecular weight is 459 g/mol. The molecule has 0 bridgehead atoms. The zero-order chi connectivity index (χ0) is 23.4. The third kappa shape index (κ3) is 3.30. The van der Waals surface area contributed by atoms with Crippen LogP contribution in [0.3, 0.4) is 0 Å². The summed E-state index contributed by atoms with van der Waals surface area (Å²) in [5, 5.41) is 1.76. The molecule has 6 rings (SSSR count). The Hall–Kier alpha value is -3.29. The Kier molecular flexibility index (Phi) is 5.12. The van der Waals surface area contributed by atoms with Crippen molar-refractivity contribution in [2.45, 2.75) is 26.3 Å². The number of amides is 1. The summed E-state index contributed by atoms with van der Waals surface area (Å²) >= 11 is 0. The highest BCUT2D eigenvalue weighted by Crippen LogP contribution is 2.43. The number of rotatable bonds is 3. The summed E-state index contributed by atoms with van der Waals surface area (Å²) in [6, 6.07) is 9.71. The van der Waals surface area contributed by atoms with E-state index >= 15 is 0 Å². The van der Waals surface area contributed by atoms with Crippen molar-refractivity contribution in [2.75, 3.05) is 39.4 Å². The van der Waals surface area contributed by atoms with Crippen LogP contribution in [0.25, 0.3) is 22.1 Å². The monoisotopic (exact) mass is 458 g/mol. The second kappa shape index (κ2) is 8.18. The fourth-order valence-corrected chi connectivity index (χ4v) is 5.48. The SMILES string of the molecule is Cc1cccc2c3c(ccc12)-c1oc2c(c1C(=O)C3=O)CCN(CCC(=O)N1CCOCC1)C2. The number of benzene rings is 2. The Labute approximate surface area is 197 Å². The molecule has 7 nitrogen and oxygen atoms in total. The summed E-state index contributed by atoms with van der Waals surface area (Å²) in [6.07, 6.45) is 1.07. The first-order valence-electron chi connectivity index (χ1n) is 11.9. The molecule has 34 heavy (non-hydrogen) atoms. The van der Waals surface area contributed by atoms with Crippen LogP contribution in [0, 0.1) is 6.92 Å². The lowest BCUT2D eigenvalue weighted by Gasteiger charge is -2.29. The van der Waals surface area contributed by atoms with E-state index in [1.54, 1.807) is 0 Å². The molecule has 0 saturated carbocycles. The number of fused-ring (bicyclic) bond motifs is 7. The fourth-order valence-electron chi connectivity index (χ4n) is 5.48. The van der Waals surface area contributed by atoms with Crippen molar-refractivity contribution in [3.63, 3.8) is 0 Å². The molecule has 1 aliphatic carbocycles. The van der Waals surface area contributed by atoms with Gasteiger partial charge in [-0.05, 0) is 35.7 Å². The Morgan fingerprint density at radius 2 is 1.76 bits per heavy atom. The summed E-state index contributed by atoms with van der Waals surface area (Å²) in [4.78, 5) is 43.0. The summed E-state index contributed by atoms with van der Waals surface area (Å²) < 4.78 is 11.6. The zero-order valence-electron chi connectivity index (χ0n) is 19.2. The van der Waals surface area contributed by atoms with Gasteiger partial charge >= 0.3 is 0 Å². The normalized spacial score (nSPS) is 18.1. The predicted molar refractivity (Wildman–Crippen MR) is 126 cm³/mol. The van der Waals surface area contributed by atoms with E-state index in [-0.39, 0.29) is 5.91 Å². The molecular weight excluding hydrogens is 432 g/mol. The number of aryl methyl sites for hydroxylation is 1. The minimum atomic E-state index is -0.475. The van der Waals surface area contributed by atoms with Crippen LogP contribution < -0.4 is 0 Å². The van der Waals surface area contributed by atoms with E-state index in [0.29, 0.717) is 74.7 Å². The van der Waals surface area contributed by atoms with Gasteiger partial charge in [0.15, 0.2) is 0 Å². The maximum atomic E-state index is 13.2. The van der Waals surface area contributed by atoms with E-state index in [0.717, 1.165) is 34.2 Å². The fraction of sp³-hybridized carbons (Fsp3) is 0.370. The first kappa shape index (κ1) is 21.3. The van der Waals surface area contributed by atoms with Crippen molar-refractivity contribution in [3.05, 3.63) is 58.3 Å². The molecule has 1 amide bonds. The summed E-state index contributed by atoms with van der Waals surface area (Å²) in [6.45, 7) is 6.38. The molecule has 3 heterocycles. The minimum absolute atomic E-state index is 0.143. The maximum absolute atomic E-state index is 13.2. The van der Waals surface area contributed by atoms with Crippen LogP contribution in [0.4, 0.5) is 0 Å². The van der Waals surface area contributed by atoms with Gasteiger partial charge in [0.1, 0.15) is 11.5 Å². The number of Topliss-reactive ketones (excluding diaryl/α,β-unsaturated/α-hetero) is 2. The summed E-state index contributed by atoms with van der Waals surface area (Å²) in [7, 11) is 0. The van der Waals surface area contributed by atoms with Crippen molar-refractivity contribution in [2.24, 2.45) is 0 Å². The number of hydrogen-bond donors (Lipinski definition) is 0. The van der Waals surface area contributed by atoms with Crippen molar-refractivity contribution >= 4 is 28.2 Å². The Morgan fingerprint density at radius 1 is 0.971 bits per heavy atom. The van der Waals surface area contributed by atoms with E-state index in [9.17, 15) is 14.4 Å². The lowest BCUT2D eigenvalue weighted by atomic mass is 9.82. The molecule has 2 aromatic carbocycles. The number of ether oxygens (including phenoxy) is 1. The first-order valence-corrected chi connectivity index (χ1v) is 11.9. The van der Waals surface area contributed by atoms with Crippen molar-refractivity contribution in [3.8, 4) is 11.3 Å². The van der Waals surface area contributed by atoms with Crippen LogP contribution in [0.15, 0.2) is 34.7 Å². The summed E-state index contributed by atoms with van der Waals surface area (Å²) in [5.74, 6) is 0.454. The maximum Gasteiger partial charge on any atom is 0.237 e. The van der Waals surface area contributed by atoms with E-state index < -0.39 is 11.6 Å². The molecule has 7 heteroatoms. The average Bonchev–Trinajstić information content (AvgIpc) is 3.25. The molecule has 1 saturated heterocycles. The highest BCUT2D eigenvalue weighted by Gasteiger charge is 2.39. The predicted octanol–water partition coefficient (Wildman–Crippen LogP) is 3.39. The molecule has 0 unspecified atom stereocenters. The number of nitrogens with zero attached hydrogens (tertiary/aromatic N) is 2. The molecule has 0 radical (unpaired) electrons. The van der Waals surface area contributed by atoms with Crippen molar-refractivity contribution < 1.29 is 23.5 Å². The molecule has 0 atom stereocenters. The number of morpholine rings is 1. The zero-order valence-corrected chi connectivity index (χ0v) is 19.2. The molecule has 3 aromatic rings. The third-order valence-corrected chi connectivity index (χ3v) is 7.33. The van der Waals surface area contributed by atoms with Gasteiger partial charge in [0.2, 0.25) is 17.5 Å². The molecule has 174 valence electrons. The van der Waals surface area contributed by atoms with Gasteiger partial charge in [-0.25, -0.2) is 0 Å². The van der Waals surface area contributed by atoms with Gasteiger partial charge in [-0.3, -0.25) is 19.3 Å². The second-order valence-corrected chi connectivity index (χ2v) is 9.29. The van der Waals surface area contributed by atoms with Gasteiger partial charge in [-0.2, -0.15) is 0 Å². The van der Waals surface area contributed by atoms with Crippen LogP contribution >= 0.6 is 0 Å². The Bertz CT molecular complexity index is 1350. The Balaban J connectivity index is 1.29. The van der Waals surface area contributed by atoms with Gasteiger partial charge in [-0.15, -0.1) is 0 Å². The van der Waals surface area contributed by atoms with E-state index in [4.69, 9.17) is 9.15 Å². The second-order valence-electron chi connectivity index (χ2n) is 9.29. The third-order valence-electron chi connectivity index (χ3n) is 7.33. The largest absolute Gasteiger partial charge is 0.459 e. The quantitative estimate of drug-likeness (QED) is 0.560. The number of carbonyl (C=O) groups is 3. The van der Waals surface area contributed by atoms with Crippen LogP contribution in [-0.2, 0) is 22.5 Å². The van der Waals surface area contributed by atoms with Gasteiger partial charge in [0, 0.05) is 49.3 Å². The van der Waals surface area contributed by atoms with E-state index in [1.807, 2.05) is 42.2 Å². The van der Waals surface area contributed by atoms with Crippen LogP contribution in [0.1, 0.15) is 44.0 Å². The van der Waals surface area contributed by atoms with E-state index in [1.165, 1.54) is 0 Å². The van der Waals surface area contributed by atoms with Gasteiger partial charge in [-0.1, -0.05) is 24.3 Å². The lowest BCUT2D eigenvalue weighted by Crippen LogP contribution is -2.42. The molecule has 0 N–H and O–H groups in total. The highest BCUT2D eigenvalue weighted by atomic mass is 16.5. The smallest absolute Gasteiger partial charge is 0.237 e. The minimum Gasteiger partial charge on any atom is -0.459 e. The standard InChI is InChI=1S/C27H26N2O5/c1-16-3-2-4-18-17(16)5-6-20-23(18)25(31)26(32)24-19-7-9-28(15-21(19)34-27(20)24)10-8-22(30)29-11-13-33-14-12-29/h2-6H,7-15H2,1H3. The molecule has 1 fully saturated rings. The molecule has 3 aliphatic rings.